The Labute approximate surface area is 136 Å². The molecule has 1 heteroatoms. The molecule has 4 aliphatic rings. The third-order valence-electron chi connectivity index (χ3n) is 9.00. The van der Waals surface area contributed by atoms with Crippen LogP contribution in [0.2, 0.25) is 0 Å². The lowest BCUT2D eigenvalue weighted by Crippen LogP contribution is -2.53. The molecule has 124 valence electrons. The minimum Gasteiger partial charge on any atom is -0.393 e. The van der Waals surface area contributed by atoms with Gasteiger partial charge in [-0.05, 0) is 98.2 Å². The molecule has 0 saturated heterocycles. The van der Waals surface area contributed by atoms with Gasteiger partial charge in [0.05, 0.1) is 6.10 Å². The molecule has 22 heavy (non-hydrogen) atoms. The second-order valence-electron chi connectivity index (χ2n) is 9.55. The lowest BCUT2D eigenvalue weighted by Gasteiger charge is -2.60. The Morgan fingerprint density at radius 1 is 0.909 bits per heavy atom. The first kappa shape index (κ1) is 15.2. The second-order valence-corrected chi connectivity index (χ2v) is 9.55. The first-order chi connectivity index (χ1) is 10.5. The molecule has 4 saturated carbocycles. The van der Waals surface area contributed by atoms with Crippen LogP contribution in [0, 0.1) is 40.4 Å². The summed E-state index contributed by atoms with van der Waals surface area (Å²) >= 11 is 0. The highest BCUT2D eigenvalue weighted by Crippen LogP contribution is 2.67. The summed E-state index contributed by atoms with van der Waals surface area (Å²) in [5.74, 6) is 4.38. The van der Waals surface area contributed by atoms with Crippen molar-refractivity contribution in [2.45, 2.75) is 77.7 Å². The van der Waals surface area contributed by atoms with Crippen LogP contribution in [0.3, 0.4) is 0 Å². The average Bonchev–Trinajstić information content (AvgIpc) is 2.84. The minimum absolute atomic E-state index is 0.0138. The molecule has 8 atom stereocenters. The Morgan fingerprint density at radius 3 is 2.41 bits per heavy atom. The van der Waals surface area contributed by atoms with Crippen molar-refractivity contribution >= 4 is 0 Å². The van der Waals surface area contributed by atoms with Crippen LogP contribution < -0.4 is 0 Å². The highest BCUT2D eigenvalue weighted by Gasteiger charge is 2.59. The van der Waals surface area contributed by atoms with Crippen molar-refractivity contribution in [2.75, 3.05) is 0 Å². The largest absolute Gasteiger partial charge is 0.393 e. The van der Waals surface area contributed by atoms with Crippen LogP contribution in [0.4, 0.5) is 0 Å². The van der Waals surface area contributed by atoms with Crippen molar-refractivity contribution in [1.82, 2.24) is 0 Å². The quantitative estimate of drug-likeness (QED) is 0.661. The van der Waals surface area contributed by atoms with Gasteiger partial charge < -0.3 is 5.11 Å². The Kier molecular flexibility index (Phi) is 3.53. The normalized spacial score (nSPS) is 57.6. The number of aliphatic hydroxyl groups is 1. The van der Waals surface area contributed by atoms with E-state index in [1.807, 2.05) is 0 Å². The van der Waals surface area contributed by atoms with Crippen LogP contribution in [0.15, 0.2) is 12.7 Å². The van der Waals surface area contributed by atoms with Gasteiger partial charge in [0.25, 0.3) is 0 Å². The van der Waals surface area contributed by atoms with Gasteiger partial charge in [-0.2, -0.15) is 0 Å². The zero-order valence-corrected chi connectivity index (χ0v) is 14.6. The van der Waals surface area contributed by atoms with E-state index in [-0.39, 0.29) is 6.10 Å². The van der Waals surface area contributed by atoms with E-state index in [1.165, 1.54) is 44.9 Å². The van der Waals surface area contributed by atoms with Gasteiger partial charge in [-0.3, -0.25) is 0 Å². The summed E-state index contributed by atoms with van der Waals surface area (Å²) in [6.07, 6.45) is 14.1. The fourth-order valence-electron chi connectivity index (χ4n) is 7.66. The van der Waals surface area contributed by atoms with Crippen LogP contribution in [0.5, 0.6) is 0 Å². The molecule has 0 amide bonds. The summed E-state index contributed by atoms with van der Waals surface area (Å²) in [5, 5.41) is 10.1. The second kappa shape index (κ2) is 5.10. The SMILES string of the molecule is C=C[C@H]1CC[C@H]2[C@@H]3CCC4C[C@@H](O)CC[C@]4(C)[C@H]3CC[C@]12C. The lowest BCUT2D eigenvalue weighted by atomic mass is 9.44. The monoisotopic (exact) mass is 302 g/mol. The van der Waals surface area contributed by atoms with Gasteiger partial charge in [0.2, 0.25) is 0 Å². The van der Waals surface area contributed by atoms with E-state index in [2.05, 4.69) is 26.5 Å². The van der Waals surface area contributed by atoms with Gasteiger partial charge in [-0.25, -0.2) is 0 Å². The van der Waals surface area contributed by atoms with E-state index >= 15 is 0 Å². The predicted molar refractivity (Wildman–Crippen MR) is 91.4 cm³/mol. The van der Waals surface area contributed by atoms with E-state index in [0.717, 1.165) is 42.4 Å². The van der Waals surface area contributed by atoms with Gasteiger partial charge >= 0.3 is 0 Å². The molecule has 1 nitrogen and oxygen atoms in total. The van der Waals surface area contributed by atoms with Crippen molar-refractivity contribution in [1.29, 1.82) is 0 Å². The summed E-state index contributed by atoms with van der Waals surface area (Å²) in [7, 11) is 0. The number of rotatable bonds is 1. The molecule has 0 heterocycles. The number of hydrogen-bond acceptors (Lipinski definition) is 1. The Morgan fingerprint density at radius 2 is 1.64 bits per heavy atom. The Balaban J connectivity index is 1.62. The van der Waals surface area contributed by atoms with Crippen LogP contribution in [0.25, 0.3) is 0 Å². The average molecular weight is 303 g/mol. The summed E-state index contributed by atoms with van der Waals surface area (Å²) in [6.45, 7) is 9.30. The Hall–Kier alpha value is -0.300. The standard InChI is InChI=1S/C21H34O/c1-4-14-6-8-18-17-7-5-15-13-16(22)9-11-21(15,3)19(17)10-12-20(14,18)2/h4,14-19,22H,1,5-13H2,2-3H3/t14-,15?,16-,17-,18-,19-,20+,21-/m0/s1. The van der Waals surface area contributed by atoms with Crippen molar-refractivity contribution in [3.8, 4) is 0 Å². The summed E-state index contributed by atoms with van der Waals surface area (Å²) in [6, 6.07) is 0. The zero-order chi connectivity index (χ0) is 15.5. The molecule has 1 unspecified atom stereocenters. The Bertz CT molecular complexity index is 457. The number of fused-ring (bicyclic) bond motifs is 5. The molecule has 0 aliphatic heterocycles. The molecule has 0 aromatic heterocycles. The van der Waals surface area contributed by atoms with E-state index in [1.54, 1.807) is 0 Å². The van der Waals surface area contributed by atoms with Crippen molar-refractivity contribution in [2.24, 2.45) is 40.4 Å². The van der Waals surface area contributed by atoms with Gasteiger partial charge in [0, 0.05) is 0 Å². The van der Waals surface area contributed by atoms with Gasteiger partial charge in [0.15, 0.2) is 0 Å². The highest BCUT2D eigenvalue weighted by atomic mass is 16.3. The van der Waals surface area contributed by atoms with Crippen LogP contribution in [-0.4, -0.2) is 11.2 Å². The summed E-state index contributed by atoms with van der Waals surface area (Å²) in [4.78, 5) is 0. The fourth-order valence-corrected chi connectivity index (χ4v) is 7.66. The van der Waals surface area contributed by atoms with E-state index in [9.17, 15) is 5.11 Å². The summed E-state index contributed by atoms with van der Waals surface area (Å²) in [5.41, 5.74) is 1.07. The first-order valence-corrected chi connectivity index (χ1v) is 9.79. The number of hydrogen-bond donors (Lipinski definition) is 1. The molecule has 4 fully saturated rings. The maximum absolute atomic E-state index is 10.1. The van der Waals surface area contributed by atoms with Gasteiger partial charge in [0.1, 0.15) is 0 Å². The molecule has 4 rings (SSSR count). The third kappa shape index (κ3) is 1.93. The number of aliphatic hydroxyl groups excluding tert-OH is 1. The molecule has 0 bridgehead atoms. The fraction of sp³-hybridized carbons (Fsp3) is 0.905. The molecule has 0 aromatic carbocycles. The lowest BCUT2D eigenvalue weighted by molar-refractivity contribution is -0.124. The van der Waals surface area contributed by atoms with Crippen LogP contribution >= 0.6 is 0 Å². The van der Waals surface area contributed by atoms with Crippen molar-refractivity contribution in [3.63, 3.8) is 0 Å². The van der Waals surface area contributed by atoms with E-state index in [4.69, 9.17) is 0 Å². The van der Waals surface area contributed by atoms with Crippen LogP contribution in [-0.2, 0) is 0 Å². The zero-order valence-electron chi connectivity index (χ0n) is 14.6. The highest BCUT2D eigenvalue weighted by molar-refractivity contribution is 5.11. The minimum atomic E-state index is -0.0138. The van der Waals surface area contributed by atoms with Crippen molar-refractivity contribution < 1.29 is 5.11 Å². The molecular weight excluding hydrogens is 268 g/mol. The smallest absolute Gasteiger partial charge is 0.0543 e. The predicted octanol–water partition coefficient (Wildman–Crippen LogP) is 5.19. The van der Waals surface area contributed by atoms with E-state index in [0.29, 0.717) is 10.8 Å². The molecule has 0 radical (unpaired) electrons. The maximum atomic E-state index is 10.1. The summed E-state index contributed by atoms with van der Waals surface area (Å²) < 4.78 is 0. The molecule has 4 aliphatic carbocycles. The molecular formula is C21H34O. The maximum Gasteiger partial charge on any atom is 0.0543 e. The van der Waals surface area contributed by atoms with E-state index < -0.39 is 0 Å². The van der Waals surface area contributed by atoms with Gasteiger partial charge in [-0.15, -0.1) is 6.58 Å². The molecule has 1 N–H and O–H groups in total. The number of allylic oxidation sites excluding steroid dienone is 1. The van der Waals surface area contributed by atoms with Gasteiger partial charge in [-0.1, -0.05) is 19.9 Å². The third-order valence-corrected chi connectivity index (χ3v) is 9.00. The first-order valence-electron chi connectivity index (χ1n) is 9.79. The molecule has 0 spiro atoms. The molecule has 0 aromatic rings. The van der Waals surface area contributed by atoms with Crippen LogP contribution in [0.1, 0.15) is 71.6 Å². The van der Waals surface area contributed by atoms with Crippen molar-refractivity contribution in [3.05, 3.63) is 12.7 Å². The topological polar surface area (TPSA) is 20.2 Å².